The highest BCUT2D eigenvalue weighted by molar-refractivity contribution is 7.97. The summed E-state index contributed by atoms with van der Waals surface area (Å²) in [6.07, 6.45) is 2.04. The van der Waals surface area contributed by atoms with Crippen LogP contribution >= 0.6 is 11.8 Å². The molecule has 0 saturated carbocycles. The van der Waals surface area contributed by atoms with Crippen molar-refractivity contribution >= 4 is 28.7 Å². The van der Waals surface area contributed by atoms with Gasteiger partial charge in [0.05, 0.1) is 23.4 Å². The van der Waals surface area contributed by atoms with Crippen LogP contribution in [0, 0.1) is 0 Å². The van der Waals surface area contributed by atoms with E-state index in [0.717, 1.165) is 33.7 Å². The van der Waals surface area contributed by atoms with Crippen molar-refractivity contribution in [1.82, 2.24) is 14.9 Å². The molecule has 136 valence electrons. The topological polar surface area (TPSA) is 56.1 Å². The maximum Gasteiger partial charge on any atom is 0.240 e. The van der Waals surface area contributed by atoms with E-state index in [9.17, 15) is 4.79 Å². The predicted molar refractivity (Wildman–Crippen MR) is 106 cm³/mol. The number of fused-ring (bicyclic) bond motifs is 1. The summed E-state index contributed by atoms with van der Waals surface area (Å²) < 4.78 is 7.23. The van der Waals surface area contributed by atoms with Crippen molar-refractivity contribution < 1.29 is 9.53 Å². The highest BCUT2D eigenvalue weighted by Gasteiger charge is 2.13. The summed E-state index contributed by atoms with van der Waals surface area (Å²) in [5.74, 6) is 1.68. The van der Waals surface area contributed by atoms with Crippen LogP contribution in [0.2, 0.25) is 0 Å². The minimum atomic E-state index is -0.0253. The number of amides is 1. The largest absolute Gasteiger partial charge is 0.380 e. The van der Waals surface area contributed by atoms with Crippen molar-refractivity contribution in [3.8, 4) is 0 Å². The van der Waals surface area contributed by atoms with Crippen molar-refractivity contribution in [2.24, 2.45) is 0 Å². The molecule has 2 aromatic carbocycles. The van der Waals surface area contributed by atoms with Gasteiger partial charge in [-0.2, -0.15) is 11.8 Å². The third-order valence-electron chi connectivity index (χ3n) is 4.20. The van der Waals surface area contributed by atoms with E-state index in [0.29, 0.717) is 13.2 Å². The predicted octanol–water partition coefficient (Wildman–Crippen LogP) is 3.36. The maximum atomic E-state index is 12.6. The Morgan fingerprint density at radius 2 is 1.88 bits per heavy atom. The second kappa shape index (κ2) is 8.87. The molecular formula is C20H23N3O2S. The Labute approximate surface area is 157 Å². The highest BCUT2D eigenvalue weighted by Crippen LogP contribution is 2.19. The second-order valence-corrected chi connectivity index (χ2v) is 6.88. The molecule has 0 spiro atoms. The van der Waals surface area contributed by atoms with Gasteiger partial charge < -0.3 is 14.6 Å². The van der Waals surface area contributed by atoms with Crippen LogP contribution in [0.3, 0.4) is 0 Å². The molecular weight excluding hydrogens is 346 g/mol. The number of carbonyl (C=O) groups excluding carboxylic acids is 1. The quantitative estimate of drug-likeness (QED) is 0.661. The molecule has 0 fully saturated rings. The Hall–Kier alpha value is -2.31. The lowest BCUT2D eigenvalue weighted by molar-refractivity contribution is -0.121. The molecule has 3 rings (SSSR count). The Kier molecular flexibility index (Phi) is 6.30. The van der Waals surface area contributed by atoms with Gasteiger partial charge in [0.1, 0.15) is 12.4 Å². The molecule has 5 nitrogen and oxygen atoms in total. The summed E-state index contributed by atoms with van der Waals surface area (Å²) in [5.41, 5.74) is 4.08. The zero-order chi connectivity index (χ0) is 18.4. The van der Waals surface area contributed by atoms with Gasteiger partial charge in [-0.25, -0.2) is 4.98 Å². The van der Waals surface area contributed by atoms with Crippen LogP contribution < -0.4 is 5.32 Å². The number of imidazole rings is 1. The number of aromatic nitrogens is 2. The zero-order valence-electron chi connectivity index (χ0n) is 15.1. The average molecular weight is 369 g/mol. The van der Waals surface area contributed by atoms with Gasteiger partial charge in [-0.3, -0.25) is 4.79 Å². The van der Waals surface area contributed by atoms with Crippen molar-refractivity contribution in [3.05, 3.63) is 65.5 Å². The number of methoxy groups -OCH3 is 1. The third kappa shape index (κ3) is 4.26. The smallest absolute Gasteiger partial charge is 0.240 e. The number of thioether (sulfide) groups is 1. The Balaban J connectivity index is 1.73. The van der Waals surface area contributed by atoms with Crippen molar-refractivity contribution in [1.29, 1.82) is 0 Å². The van der Waals surface area contributed by atoms with E-state index in [2.05, 4.69) is 10.3 Å². The Bertz CT molecular complexity index is 892. The van der Waals surface area contributed by atoms with Crippen LogP contribution in [-0.4, -0.2) is 28.8 Å². The summed E-state index contributed by atoms with van der Waals surface area (Å²) >= 11 is 1.70. The fourth-order valence-electron chi connectivity index (χ4n) is 2.96. The number of hydrogen-bond acceptors (Lipinski definition) is 4. The summed E-state index contributed by atoms with van der Waals surface area (Å²) in [5, 5.41) is 3.02. The number of ether oxygens (including phenoxy) is 1. The van der Waals surface area contributed by atoms with E-state index < -0.39 is 0 Å². The maximum absolute atomic E-state index is 12.6. The van der Waals surface area contributed by atoms with Crippen LogP contribution in [0.25, 0.3) is 11.0 Å². The number of hydrogen-bond donors (Lipinski definition) is 1. The minimum absolute atomic E-state index is 0.0253. The van der Waals surface area contributed by atoms with Gasteiger partial charge >= 0.3 is 0 Å². The molecule has 26 heavy (non-hydrogen) atoms. The third-order valence-corrected chi connectivity index (χ3v) is 4.75. The molecule has 0 atom stereocenters. The monoisotopic (exact) mass is 369 g/mol. The molecule has 6 heteroatoms. The van der Waals surface area contributed by atoms with Crippen LogP contribution in [0.5, 0.6) is 0 Å². The summed E-state index contributed by atoms with van der Waals surface area (Å²) in [4.78, 5) is 17.2. The van der Waals surface area contributed by atoms with Crippen LogP contribution in [0.1, 0.15) is 17.0 Å². The molecule has 0 unspecified atom stereocenters. The first-order valence-corrected chi connectivity index (χ1v) is 9.87. The van der Waals surface area contributed by atoms with Gasteiger partial charge in [0.2, 0.25) is 5.91 Å². The van der Waals surface area contributed by atoms with Crippen LogP contribution in [0.15, 0.2) is 48.5 Å². The molecule has 0 radical (unpaired) electrons. The van der Waals surface area contributed by atoms with E-state index in [-0.39, 0.29) is 12.5 Å². The van der Waals surface area contributed by atoms with Gasteiger partial charge in [0, 0.05) is 13.7 Å². The Morgan fingerprint density at radius 3 is 2.65 bits per heavy atom. The molecule has 1 aromatic heterocycles. The van der Waals surface area contributed by atoms with E-state index in [1.54, 1.807) is 18.9 Å². The van der Waals surface area contributed by atoms with Gasteiger partial charge in [-0.05, 0) is 29.5 Å². The fraction of sp³-hybridized carbons (Fsp3) is 0.300. The first-order valence-electron chi connectivity index (χ1n) is 8.48. The van der Waals surface area contributed by atoms with E-state index >= 15 is 0 Å². The van der Waals surface area contributed by atoms with Gasteiger partial charge in [0.25, 0.3) is 0 Å². The molecule has 1 N–H and O–H groups in total. The summed E-state index contributed by atoms with van der Waals surface area (Å²) in [6, 6.07) is 15.9. The molecule has 0 saturated heterocycles. The van der Waals surface area contributed by atoms with Crippen molar-refractivity contribution in [3.63, 3.8) is 0 Å². The standard InChI is InChI=1S/C20H23N3O2S/c1-25-13-16-8-4-3-7-15(16)11-21-20(24)12-23-18-10-6-5-9-17(18)22-19(23)14-26-2/h3-10H,11-14H2,1-2H3,(H,21,24). The molecule has 1 amide bonds. The van der Waals surface area contributed by atoms with Gasteiger partial charge in [-0.15, -0.1) is 0 Å². The number of rotatable bonds is 8. The lowest BCUT2D eigenvalue weighted by atomic mass is 10.1. The molecule has 1 heterocycles. The lowest BCUT2D eigenvalue weighted by Crippen LogP contribution is -2.28. The molecule has 0 aliphatic rings. The minimum Gasteiger partial charge on any atom is -0.380 e. The zero-order valence-corrected chi connectivity index (χ0v) is 15.9. The number of benzene rings is 2. The molecule has 0 aliphatic carbocycles. The average Bonchev–Trinajstić information content (AvgIpc) is 2.99. The van der Waals surface area contributed by atoms with Crippen molar-refractivity contribution in [2.45, 2.75) is 25.4 Å². The SMILES string of the molecule is COCc1ccccc1CNC(=O)Cn1c(CSC)nc2ccccc21. The van der Waals surface area contributed by atoms with E-state index in [1.165, 1.54) is 0 Å². The lowest BCUT2D eigenvalue weighted by Gasteiger charge is -2.12. The highest BCUT2D eigenvalue weighted by atomic mass is 32.2. The summed E-state index contributed by atoms with van der Waals surface area (Å²) in [6.45, 7) is 1.29. The van der Waals surface area contributed by atoms with E-state index in [1.807, 2.05) is 59.4 Å². The molecule has 3 aromatic rings. The van der Waals surface area contributed by atoms with E-state index in [4.69, 9.17) is 4.74 Å². The second-order valence-electron chi connectivity index (χ2n) is 6.01. The normalized spacial score (nSPS) is 11.0. The van der Waals surface area contributed by atoms with Crippen LogP contribution in [0.4, 0.5) is 0 Å². The Morgan fingerprint density at radius 1 is 1.15 bits per heavy atom. The number of nitrogens with zero attached hydrogens (tertiary/aromatic N) is 2. The van der Waals surface area contributed by atoms with Crippen LogP contribution in [-0.2, 0) is 35.0 Å². The first kappa shape index (κ1) is 18.5. The van der Waals surface area contributed by atoms with Gasteiger partial charge in [-0.1, -0.05) is 36.4 Å². The first-order chi connectivity index (χ1) is 12.7. The number of para-hydroxylation sites is 2. The molecule has 0 aliphatic heterocycles. The fourth-order valence-corrected chi connectivity index (χ4v) is 3.44. The summed E-state index contributed by atoms with van der Waals surface area (Å²) in [7, 11) is 1.67. The number of carbonyl (C=O) groups is 1. The van der Waals surface area contributed by atoms with Crippen molar-refractivity contribution in [2.75, 3.05) is 13.4 Å². The van der Waals surface area contributed by atoms with Gasteiger partial charge in [0.15, 0.2) is 0 Å². The number of nitrogens with one attached hydrogen (secondary N) is 1. The molecule has 0 bridgehead atoms.